The van der Waals surface area contributed by atoms with Gasteiger partial charge in [0.2, 0.25) is 0 Å². The standard InChI is InChI=1S/C10H20N2O/c1-12-3-2-4-13-10(8-12)5-9-6-11-7-9/h9-11H,2-8H2,1H3. The number of ether oxygens (including phenoxy) is 1. The largest absolute Gasteiger partial charge is 0.377 e. The average Bonchev–Trinajstić information content (AvgIpc) is 2.22. The molecular formula is C10H20N2O. The molecule has 2 heterocycles. The Morgan fingerprint density at radius 3 is 3.00 bits per heavy atom. The van der Waals surface area contributed by atoms with E-state index in [9.17, 15) is 0 Å². The van der Waals surface area contributed by atoms with Gasteiger partial charge in [-0.3, -0.25) is 0 Å². The number of nitrogens with one attached hydrogen (secondary N) is 1. The van der Waals surface area contributed by atoms with Crippen molar-refractivity contribution in [2.75, 3.05) is 39.8 Å². The molecule has 2 aliphatic rings. The molecule has 0 aromatic rings. The van der Waals surface area contributed by atoms with E-state index in [1.807, 2.05) is 0 Å². The molecule has 2 rings (SSSR count). The van der Waals surface area contributed by atoms with E-state index in [0.717, 1.165) is 19.1 Å². The first-order chi connectivity index (χ1) is 6.34. The second-order valence-corrected chi connectivity index (χ2v) is 4.37. The summed E-state index contributed by atoms with van der Waals surface area (Å²) in [4.78, 5) is 2.39. The van der Waals surface area contributed by atoms with E-state index in [-0.39, 0.29) is 0 Å². The first-order valence-electron chi connectivity index (χ1n) is 5.35. The summed E-state index contributed by atoms with van der Waals surface area (Å²) in [6, 6.07) is 0. The van der Waals surface area contributed by atoms with Gasteiger partial charge >= 0.3 is 0 Å². The Morgan fingerprint density at radius 1 is 1.46 bits per heavy atom. The molecule has 0 aromatic heterocycles. The average molecular weight is 184 g/mol. The third kappa shape index (κ3) is 2.66. The predicted molar refractivity (Wildman–Crippen MR) is 52.8 cm³/mol. The lowest BCUT2D eigenvalue weighted by atomic mass is 9.96. The molecule has 0 saturated carbocycles. The van der Waals surface area contributed by atoms with Gasteiger partial charge in [-0.25, -0.2) is 0 Å². The lowest BCUT2D eigenvalue weighted by Crippen LogP contribution is -2.45. The predicted octanol–water partition coefficient (Wildman–Crippen LogP) is 0.317. The van der Waals surface area contributed by atoms with Crippen LogP contribution in [0.3, 0.4) is 0 Å². The Hall–Kier alpha value is -0.120. The molecule has 0 spiro atoms. The molecule has 2 aliphatic heterocycles. The highest BCUT2D eigenvalue weighted by molar-refractivity contribution is 4.80. The van der Waals surface area contributed by atoms with Crippen LogP contribution in [0.1, 0.15) is 12.8 Å². The normalized spacial score (nSPS) is 32.5. The molecule has 0 radical (unpaired) electrons. The van der Waals surface area contributed by atoms with Crippen LogP contribution in [0.2, 0.25) is 0 Å². The summed E-state index contributed by atoms with van der Waals surface area (Å²) in [5, 5.41) is 3.31. The highest BCUT2D eigenvalue weighted by atomic mass is 16.5. The van der Waals surface area contributed by atoms with E-state index in [0.29, 0.717) is 6.10 Å². The quantitative estimate of drug-likeness (QED) is 0.669. The highest BCUT2D eigenvalue weighted by Crippen LogP contribution is 2.16. The minimum Gasteiger partial charge on any atom is -0.377 e. The summed E-state index contributed by atoms with van der Waals surface area (Å²) in [5.41, 5.74) is 0. The van der Waals surface area contributed by atoms with Crippen molar-refractivity contribution in [2.45, 2.75) is 18.9 Å². The fourth-order valence-electron chi connectivity index (χ4n) is 2.11. The molecule has 13 heavy (non-hydrogen) atoms. The van der Waals surface area contributed by atoms with Crippen molar-refractivity contribution >= 4 is 0 Å². The maximum Gasteiger partial charge on any atom is 0.0705 e. The summed E-state index contributed by atoms with van der Waals surface area (Å²) in [5.74, 6) is 0.872. The van der Waals surface area contributed by atoms with Gasteiger partial charge < -0.3 is 15.0 Å². The van der Waals surface area contributed by atoms with Gasteiger partial charge in [-0.05, 0) is 38.9 Å². The summed E-state index contributed by atoms with van der Waals surface area (Å²) in [7, 11) is 2.20. The molecule has 0 amide bonds. The van der Waals surface area contributed by atoms with Crippen LogP contribution in [0.5, 0.6) is 0 Å². The number of nitrogens with zero attached hydrogens (tertiary/aromatic N) is 1. The summed E-state index contributed by atoms with van der Waals surface area (Å²) >= 11 is 0. The first-order valence-corrected chi connectivity index (χ1v) is 5.35. The fourth-order valence-corrected chi connectivity index (χ4v) is 2.11. The third-order valence-electron chi connectivity index (χ3n) is 3.02. The van der Waals surface area contributed by atoms with Crippen molar-refractivity contribution in [3.8, 4) is 0 Å². The van der Waals surface area contributed by atoms with Gasteiger partial charge in [0, 0.05) is 19.7 Å². The van der Waals surface area contributed by atoms with Crippen molar-refractivity contribution in [3.05, 3.63) is 0 Å². The van der Waals surface area contributed by atoms with Crippen LogP contribution in [-0.2, 0) is 4.74 Å². The van der Waals surface area contributed by atoms with E-state index in [1.54, 1.807) is 0 Å². The van der Waals surface area contributed by atoms with Gasteiger partial charge in [0.05, 0.1) is 6.10 Å². The summed E-state index contributed by atoms with van der Waals surface area (Å²) < 4.78 is 5.81. The third-order valence-corrected chi connectivity index (χ3v) is 3.02. The molecule has 3 nitrogen and oxygen atoms in total. The van der Waals surface area contributed by atoms with Crippen LogP contribution in [0, 0.1) is 5.92 Å². The zero-order valence-electron chi connectivity index (χ0n) is 8.46. The smallest absolute Gasteiger partial charge is 0.0705 e. The number of hydrogen-bond acceptors (Lipinski definition) is 3. The van der Waals surface area contributed by atoms with Crippen molar-refractivity contribution in [3.63, 3.8) is 0 Å². The monoisotopic (exact) mass is 184 g/mol. The van der Waals surface area contributed by atoms with E-state index in [2.05, 4.69) is 17.3 Å². The Labute approximate surface area is 80.4 Å². The van der Waals surface area contributed by atoms with Gasteiger partial charge in [0.25, 0.3) is 0 Å². The molecule has 0 bridgehead atoms. The fraction of sp³-hybridized carbons (Fsp3) is 1.00. The summed E-state index contributed by atoms with van der Waals surface area (Å²) in [6.45, 7) is 5.66. The number of likely N-dealkylation sites (N-methyl/N-ethyl adjacent to an activating group) is 1. The molecule has 2 fully saturated rings. The second kappa shape index (κ2) is 4.40. The molecule has 0 aliphatic carbocycles. The first kappa shape index (κ1) is 9.44. The van der Waals surface area contributed by atoms with Crippen LogP contribution in [-0.4, -0.2) is 50.8 Å². The molecule has 3 heteroatoms. The molecule has 1 unspecified atom stereocenters. The SMILES string of the molecule is CN1CCCOC(CC2CNC2)C1. The zero-order chi connectivity index (χ0) is 9.10. The zero-order valence-corrected chi connectivity index (χ0v) is 8.46. The highest BCUT2D eigenvalue weighted by Gasteiger charge is 2.24. The van der Waals surface area contributed by atoms with Crippen LogP contribution in [0.25, 0.3) is 0 Å². The Morgan fingerprint density at radius 2 is 2.31 bits per heavy atom. The van der Waals surface area contributed by atoms with Crippen molar-refractivity contribution in [2.24, 2.45) is 5.92 Å². The molecule has 2 saturated heterocycles. The Bertz CT molecular complexity index is 159. The molecule has 0 aromatic carbocycles. The van der Waals surface area contributed by atoms with E-state index in [4.69, 9.17) is 4.74 Å². The second-order valence-electron chi connectivity index (χ2n) is 4.37. The lowest BCUT2D eigenvalue weighted by Gasteiger charge is -2.31. The van der Waals surface area contributed by atoms with Crippen LogP contribution in [0.15, 0.2) is 0 Å². The van der Waals surface area contributed by atoms with Gasteiger partial charge in [-0.15, -0.1) is 0 Å². The minimum absolute atomic E-state index is 0.486. The van der Waals surface area contributed by atoms with Gasteiger partial charge in [-0.1, -0.05) is 0 Å². The van der Waals surface area contributed by atoms with E-state index >= 15 is 0 Å². The van der Waals surface area contributed by atoms with Crippen LogP contribution < -0.4 is 5.32 Å². The number of rotatable bonds is 2. The summed E-state index contributed by atoms with van der Waals surface area (Å²) in [6.07, 6.45) is 2.92. The maximum absolute atomic E-state index is 5.81. The van der Waals surface area contributed by atoms with Crippen molar-refractivity contribution < 1.29 is 4.74 Å². The van der Waals surface area contributed by atoms with Crippen LogP contribution >= 0.6 is 0 Å². The van der Waals surface area contributed by atoms with Gasteiger partial charge in [-0.2, -0.15) is 0 Å². The Balaban J connectivity index is 1.75. The van der Waals surface area contributed by atoms with E-state index < -0.39 is 0 Å². The minimum atomic E-state index is 0.486. The number of hydrogen-bond donors (Lipinski definition) is 1. The molecule has 1 N–H and O–H groups in total. The lowest BCUT2D eigenvalue weighted by molar-refractivity contribution is 0.0333. The van der Waals surface area contributed by atoms with Crippen molar-refractivity contribution in [1.82, 2.24) is 10.2 Å². The maximum atomic E-state index is 5.81. The van der Waals surface area contributed by atoms with E-state index in [1.165, 1.54) is 32.5 Å². The molecule has 1 atom stereocenters. The molecule has 76 valence electrons. The van der Waals surface area contributed by atoms with Gasteiger partial charge in [0.15, 0.2) is 0 Å². The van der Waals surface area contributed by atoms with Gasteiger partial charge in [0.1, 0.15) is 0 Å². The Kier molecular flexibility index (Phi) is 3.19. The molecular weight excluding hydrogens is 164 g/mol. The van der Waals surface area contributed by atoms with Crippen molar-refractivity contribution in [1.29, 1.82) is 0 Å². The van der Waals surface area contributed by atoms with Crippen LogP contribution in [0.4, 0.5) is 0 Å². The topological polar surface area (TPSA) is 24.5 Å².